The van der Waals surface area contributed by atoms with Gasteiger partial charge in [-0.3, -0.25) is 0 Å². The van der Waals surface area contributed by atoms with Gasteiger partial charge in [-0.15, -0.1) is 0 Å². The van der Waals surface area contributed by atoms with E-state index in [0.29, 0.717) is 11.5 Å². The van der Waals surface area contributed by atoms with Crippen molar-refractivity contribution in [2.75, 3.05) is 0 Å². The number of hydrogen-bond donors (Lipinski definition) is 1. The van der Waals surface area contributed by atoms with E-state index in [0.717, 1.165) is 5.92 Å². The molecule has 0 bridgehead atoms. The van der Waals surface area contributed by atoms with Crippen LogP contribution in [-0.4, -0.2) is 6.04 Å². The van der Waals surface area contributed by atoms with Crippen LogP contribution in [0.5, 0.6) is 0 Å². The molecule has 0 aromatic rings. The number of hydrogen-bond acceptors (Lipinski definition) is 1. The minimum absolute atomic E-state index is 0.427. The average Bonchev–Trinajstić information content (AvgIpc) is 2.11. The molecule has 1 aliphatic rings. The van der Waals surface area contributed by atoms with E-state index in [4.69, 9.17) is 5.73 Å². The van der Waals surface area contributed by atoms with Crippen LogP contribution in [-0.2, 0) is 0 Å². The Morgan fingerprint density at radius 2 is 1.80 bits per heavy atom. The minimum atomic E-state index is 0.427. The van der Waals surface area contributed by atoms with Crippen LogP contribution in [0.3, 0.4) is 0 Å². The summed E-state index contributed by atoms with van der Waals surface area (Å²) in [5.74, 6) is 0.757. The van der Waals surface area contributed by atoms with Crippen molar-refractivity contribution in [3.63, 3.8) is 0 Å². The van der Waals surface area contributed by atoms with Crippen LogP contribution in [0, 0.1) is 11.3 Å². The molecule has 0 radical (unpaired) electrons. The van der Waals surface area contributed by atoms with Crippen LogP contribution >= 0.6 is 0 Å². The van der Waals surface area contributed by atoms with E-state index in [9.17, 15) is 0 Å². The van der Waals surface area contributed by atoms with Crippen LogP contribution in [0.4, 0.5) is 0 Å². The second-order valence-electron chi connectivity index (χ2n) is 4.57. The van der Waals surface area contributed by atoms with E-state index in [1.165, 1.54) is 19.3 Å². The minimum Gasteiger partial charge on any atom is -0.327 e. The lowest BCUT2D eigenvalue weighted by molar-refractivity contribution is 0.224. The SMILES string of the molecule is CC(C)(C)C1CCC[C@@H]1N. The van der Waals surface area contributed by atoms with Gasteiger partial charge >= 0.3 is 0 Å². The topological polar surface area (TPSA) is 26.0 Å². The quantitative estimate of drug-likeness (QED) is 0.549. The van der Waals surface area contributed by atoms with Crippen LogP contribution in [0.1, 0.15) is 40.0 Å². The lowest BCUT2D eigenvalue weighted by Crippen LogP contribution is -2.33. The van der Waals surface area contributed by atoms with E-state index in [2.05, 4.69) is 20.8 Å². The van der Waals surface area contributed by atoms with Gasteiger partial charge in [0.15, 0.2) is 0 Å². The lowest BCUT2D eigenvalue weighted by atomic mass is 9.78. The average molecular weight is 141 g/mol. The van der Waals surface area contributed by atoms with Crippen molar-refractivity contribution in [2.45, 2.75) is 46.1 Å². The monoisotopic (exact) mass is 141 g/mol. The van der Waals surface area contributed by atoms with Gasteiger partial charge in [0, 0.05) is 6.04 Å². The Morgan fingerprint density at radius 1 is 1.20 bits per heavy atom. The van der Waals surface area contributed by atoms with Crippen molar-refractivity contribution < 1.29 is 0 Å². The maximum atomic E-state index is 5.97. The Kier molecular flexibility index (Phi) is 2.04. The summed E-state index contributed by atoms with van der Waals surface area (Å²) < 4.78 is 0. The molecule has 1 saturated carbocycles. The van der Waals surface area contributed by atoms with Crippen molar-refractivity contribution in [1.82, 2.24) is 0 Å². The maximum absolute atomic E-state index is 5.97. The summed E-state index contributed by atoms with van der Waals surface area (Å²) in [6.07, 6.45) is 3.91. The predicted molar refractivity (Wildman–Crippen MR) is 44.8 cm³/mol. The lowest BCUT2D eigenvalue weighted by Gasteiger charge is -2.30. The van der Waals surface area contributed by atoms with E-state index in [1.807, 2.05) is 0 Å². The molecule has 2 N–H and O–H groups in total. The number of rotatable bonds is 0. The molecule has 0 heterocycles. The number of nitrogens with two attached hydrogens (primary N) is 1. The van der Waals surface area contributed by atoms with Gasteiger partial charge in [0.05, 0.1) is 0 Å². The van der Waals surface area contributed by atoms with Gasteiger partial charge < -0.3 is 5.73 Å². The zero-order valence-corrected chi connectivity index (χ0v) is 7.35. The van der Waals surface area contributed by atoms with Crippen molar-refractivity contribution >= 4 is 0 Å². The van der Waals surface area contributed by atoms with E-state index >= 15 is 0 Å². The molecule has 60 valence electrons. The Labute approximate surface area is 64.0 Å². The normalized spacial score (nSPS) is 34.8. The first-order valence-electron chi connectivity index (χ1n) is 4.27. The second kappa shape index (κ2) is 2.54. The molecule has 0 spiro atoms. The Bertz CT molecular complexity index is 112. The zero-order chi connectivity index (χ0) is 7.78. The summed E-state index contributed by atoms with van der Waals surface area (Å²) in [5.41, 5.74) is 6.39. The van der Waals surface area contributed by atoms with Crippen LogP contribution in [0.2, 0.25) is 0 Å². The standard InChI is InChI=1S/C9H19N/c1-9(2,3)7-5-4-6-8(7)10/h7-8H,4-6,10H2,1-3H3/t7?,8-/m0/s1. The van der Waals surface area contributed by atoms with Gasteiger partial charge in [-0.2, -0.15) is 0 Å². The molecule has 10 heavy (non-hydrogen) atoms. The largest absolute Gasteiger partial charge is 0.327 e. The second-order valence-corrected chi connectivity index (χ2v) is 4.57. The molecule has 0 aliphatic heterocycles. The molecule has 1 unspecified atom stereocenters. The molecule has 0 saturated heterocycles. The summed E-state index contributed by atoms with van der Waals surface area (Å²) in [6.45, 7) is 6.88. The smallest absolute Gasteiger partial charge is 0.00721 e. The third-order valence-electron chi connectivity index (χ3n) is 2.68. The molecule has 1 aliphatic carbocycles. The highest BCUT2D eigenvalue weighted by atomic mass is 14.7. The summed E-state index contributed by atoms with van der Waals surface area (Å²) in [4.78, 5) is 0. The van der Waals surface area contributed by atoms with Crippen molar-refractivity contribution in [1.29, 1.82) is 0 Å². The highest BCUT2D eigenvalue weighted by molar-refractivity contribution is 4.87. The Hall–Kier alpha value is -0.0400. The first-order chi connectivity index (χ1) is 4.52. The van der Waals surface area contributed by atoms with Crippen LogP contribution < -0.4 is 5.73 Å². The van der Waals surface area contributed by atoms with E-state index < -0.39 is 0 Å². The molecular formula is C9H19N. The molecule has 0 aromatic heterocycles. The predicted octanol–water partition coefficient (Wildman–Crippen LogP) is 2.16. The Morgan fingerprint density at radius 3 is 2.00 bits per heavy atom. The molecule has 1 rings (SSSR count). The molecule has 1 fully saturated rings. The molecule has 0 amide bonds. The molecule has 1 heteroatoms. The fourth-order valence-corrected chi connectivity index (χ4v) is 2.06. The van der Waals surface area contributed by atoms with Gasteiger partial charge in [0.25, 0.3) is 0 Å². The van der Waals surface area contributed by atoms with Gasteiger partial charge in [0.1, 0.15) is 0 Å². The van der Waals surface area contributed by atoms with E-state index in [-0.39, 0.29) is 0 Å². The van der Waals surface area contributed by atoms with Crippen molar-refractivity contribution in [3.8, 4) is 0 Å². The highest BCUT2D eigenvalue weighted by Crippen LogP contribution is 2.38. The van der Waals surface area contributed by atoms with Crippen molar-refractivity contribution in [3.05, 3.63) is 0 Å². The molecule has 2 atom stereocenters. The van der Waals surface area contributed by atoms with Gasteiger partial charge in [0.2, 0.25) is 0 Å². The summed E-state index contributed by atoms with van der Waals surface area (Å²) in [6, 6.07) is 0.472. The zero-order valence-electron chi connectivity index (χ0n) is 7.35. The highest BCUT2D eigenvalue weighted by Gasteiger charge is 2.33. The molecular weight excluding hydrogens is 122 g/mol. The third kappa shape index (κ3) is 1.51. The fourth-order valence-electron chi connectivity index (χ4n) is 2.06. The molecule has 0 aromatic carbocycles. The first kappa shape index (κ1) is 8.06. The third-order valence-corrected chi connectivity index (χ3v) is 2.68. The first-order valence-corrected chi connectivity index (χ1v) is 4.27. The summed E-state index contributed by atoms with van der Waals surface area (Å²) in [5, 5.41) is 0. The summed E-state index contributed by atoms with van der Waals surface area (Å²) >= 11 is 0. The van der Waals surface area contributed by atoms with Gasteiger partial charge in [-0.05, 0) is 24.2 Å². The van der Waals surface area contributed by atoms with Gasteiger partial charge in [-0.1, -0.05) is 27.2 Å². The van der Waals surface area contributed by atoms with Crippen LogP contribution in [0.25, 0.3) is 0 Å². The van der Waals surface area contributed by atoms with Crippen LogP contribution in [0.15, 0.2) is 0 Å². The maximum Gasteiger partial charge on any atom is 0.00721 e. The fraction of sp³-hybridized carbons (Fsp3) is 1.00. The summed E-state index contributed by atoms with van der Waals surface area (Å²) in [7, 11) is 0. The van der Waals surface area contributed by atoms with Crippen molar-refractivity contribution in [2.24, 2.45) is 17.1 Å². The molecule has 1 nitrogen and oxygen atoms in total. The Balaban J connectivity index is 2.55. The van der Waals surface area contributed by atoms with Gasteiger partial charge in [-0.25, -0.2) is 0 Å². The van der Waals surface area contributed by atoms with E-state index in [1.54, 1.807) is 0 Å².